The number of nitrogens with zero attached hydrogens (tertiary/aromatic N) is 2. The van der Waals surface area contributed by atoms with Crippen LogP contribution in [0.1, 0.15) is 23.7 Å². The molecule has 1 heterocycles. The quantitative estimate of drug-likeness (QED) is 0.450. The molecule has 0 saturated carbocycles. The Morgan fingerprint density at radius 1 is 1.03 bits per heavy atom. The van der Waals surface area contributed by atoms with E-state index in [2.05, 4.69) is 18.0 Å². The lowest BCUT2D eigenvalue weighted by Gasteiger charge is -2.20. The fraction of sp³-hybridized carbons (Fsp3) is 0.240. The van der Waals surface area contributed by atoms with Crippen molar-refractivity contribution in [3.8, 4) is 11.5 Å². The van der Waals surface area contributed by atoms with Gasteiger partial charge in [-0.2, -0.15) is 0 Å². The van der Waals surface area contributed by atoms with Crippen molar-refractivity contribution in [2.45, 2.75) is 26.3 Å². The number of aryl methyl sites for hydroxylation is 1. The molecule has 2 aromatic carbocycles. The van der Waals surface area contributed by atoms with Gasteiger partial charge < -0.3 is 14.6 Å². The van der Waals surface area contributed by atoms with Gasteiger partial charge in [0, 0.05) is 29.9 Å². The number of hydrogen-bond donors (Lipinski definition) is 1. The van der Waals surface area contributed by atoms with E-state index in [1.165, 1.54) is 17.7 Å². The summed E-state index contributed by atoms with van der Waals surface area (Å²) in [5, 5.41) is 9.73. The highest BCUT2D eigenvalue weighted by Crippen LogP contribution is 2.19. The number of carbonyl (C=O) groups is 2. The molecule has 33 heavy (non-hydrogen) atoms. The minimum absolute atomic E-state index is 0.0515. The van der Waals surface area contributed by atoms with Crippen LogP contribution in [-0.2, 0) is 24.2 Å². The van der Waals surface area contributed by atoms with Gasteiger partial charge in [-0.1, -0.05) is 36.7 Å². The molecule has 3 rings (SSSR count). The van der Waals surface area contributed by atoms with E-state index in [1.807, 2.05) is 18.3 Å². The molecule has 172 valence electrons. The maximum atomic E-state index is 12.6. The largest absolute Gasteiger partial charge is 0.493 e. The zero-order chi connectivity index (χ0) is 23.6. The molecule has 1 amide bonds. The SMILES string of the molecule is CCc1ccc(CCOc2cccc(CN(CC(=O)O)C(=O)Oc3ccc(Cl)cc3)c2)nc1. The second-order valence-corrected chi connectivity index (χ2v) is 7.77. The van der Waals surface area contributed by atoms with E-state index in [9.17, 15) is 14.7 Å². The first-order chi connectivity index (χ1) is 15.9. The lowest BCUT2D eigenvalue weighted by molar-refractivity contribution is -0.138. The monoisotopic (exact) mass is 468 g/mol. The highest BCUT2D eigenvalue weighted by atomic mass is 35.5. The molecule has 1 N–H and O–H groups in total. The summed E-state index contributed by atoms with van der Waals surface area (Å²) in [4.78, 5) is 29.4. The van der Waals surface area contributed by atoms with E-state index in [1.54, 1.807) is 30.3 Å². The van der Waals surface area contributed by atoms with Crippen molar-refractivity contribution in [1.29, 1.82) is 0 Å². The van der Waals surface area contributed by atoms with Crippen molar-refractivity contribution in [2.75, 3.05) is 13.2 Å². The summed E-state index contributed by atoms with van der Waals surface area (Å²) in [7, 11) is 0. The van der Waals surface area contributed by atoms with E-state index < -0.39 is 18.6 Å². The normalized spacial score (nSPS) is 10.5. The predicted molar refractivity (Wildman–Crippen MR) is 125 cm³/mol. The van der Waals surface area contributed by atoms with Crippen molar-refractivity contribution in [1.82, 2.24) is 9.88 Å². The van der Waals surface area contributed by atoms with E-state index in [4.69, 9.17) is 21.1 Å². The average Bonchev–Trinajstić information content (AvgIpc) is 2.80. The van der Waals surface area contributed by atoms with Crippen LogP contribution >= 0.6 is 11.6 Å². The number of aromatic nitrogens is 1. The average molecular weight is 469 g/mol. The minimum atomic E-state index is -1.14. The molecule has 0 aliphatic heterocycles. The number of aliphatic carboxylic acids is 1. The van der Waals surface area contributed by atoms with Gasteiger partial charge in [-0.25, -0.2) is 4.79 Å². The van der Waals surface area contributed by atoms with E-state index in [-0.39, 0.29) is 12.3 Å². The highest BCUT2D eigenvalue weighted by Gasteiger charge is 2.20. The van der Waals surface area contributed by atoms with Crippen molar-refractivity contribution in [2.24, 2.45) is 0 Å². The number of carboxylic acid groups (broad SMARTS) is 1. The third-order valence-electron chi connectivity index (χ3n) is 4.80. The summed E-state index contributed by atoms with van der Waals surface area (Å²) in [6, 6.07) is 17.5. The van der Waals surface area contributed by atoms with Crippen LogP contribution in [0.3, 0.4) is 0 Å². The standard InChI is InChI=1S/C25H25ClN2O5/c1-2-18-6-9-21(27-15-18)12-13-32-23-5-3-4-19(14-23)16-28(17-24(29)30)25(31)33-22-10-7-20(26)8-11-22/h3-11,14-15H,2,12-13,16-17H2,1H3,(H,29,30). The molecule has 0 unspecified atom stereocenters. The molecule has 0 saturated heterocycles. The van der Waals surface area contributed by atoms with Crippen molar-refractivity contribution in [3.63, 3.8) is 0 Å². The van der Waals surface area contributed by atoms with Gasteiger partial charge in [0.1, 0.15) is 18.0 Å². The van der Waals surface area contributed by atoms with Gasteiger partial charge in [-0.15, -0.1) is 0 Å². The number of ether oxygens (including phenoxy) is 2. The van der Waals surface area contributed by atoms with Gasteiger partial charge in [0.05, 0.1) is 6.61 Å². The molecule has 8 heteroatoms. The Balaban J connectivity index is 1.60. The molecular weight excluding hydrogens is 444 g/mol. The van der Waals surface area contributed by atoms with Gasteiger partial charge in [-0.05, 0) is 60.0 Å². The molecule has 7 nitrogen and oxygen atoms in total. The third kappa shape index (κ3) is 7.80. The Labute approximate surface area is 197 Å². The summed E-state index contributed by atoms with van der Waals surface area (Å²) in [6.45, 7) is 2.08. The molecule has 0 spiro atoms. The second-order valence-electron chi connectivity index (χ2n) is 7.33. The van der Waals surface area contributed by atoms with Gasteiger partial charge in [0.25, 0.3) is 0 Å². The van der Waals surface area contributed by atoms with E-state index in [0.29, 0.717) is 29.4 Å². The number of carbonyl (C=O) groups excluding carboxylic acids is 1. The number of hydrogen-bond acceptors (Lipinski definition) is 5. The van der Waals surface area contributed by atoms with Gasteiger partial charge in [-0.3, -0.25) is 14.7 Å². The zero-order valence-electron chi connectivity index (χ0n) is 18.2. The topological polar surface area (TPSA) is 89.0 Å². The Bertz CT molecular complexity index is 1070. The maximum absolute atomic E-state index is 12.6. The Hall–Kier alpha value is -3.58. The van der Waals surface area contributed by atoms with Crippen molar-refractivity contribution in [3.05, 3.63) is 88.7 Å². The van der Waals surface area contributed by atoms with Crippen molar-refractivity contribution < 1.29 is 24.2 Å². The molecule has 0 radical (unpaired) electrons. The fourth-order valence-corrected chi connectivity index (χ4v) is 3.18. The molecule has 0 aliphatic carbocycles. The highest BCUT2D eigenvalue weighted by molar-refractivity contribution is 6.30. The fourth-order valence-electron chi connectivity index (χ4n) is 3.06. The Morgan fingerprint density at radius 3 is 2.48 bits per heavy atom. The zero-order valence-corrected chi connectivity index (χ0v) is 19.0. The summed E-state index contributed by atoms with van der Waals surface area (Å²) >= 11 is 5.84. The third-order valence-corrected chi connectivity index (χ3v) is 5.05. The van der Waals surface area contributed by atoms with Crippen LogP contribution < -0.4 is 9.47 Å². The first kappa shape index (κ1) is 24.1. The summed E-state index contributed by atoms with van der Waals surface area (Å²) in [5.74, 6) is -0.242. The number of carboxylic acids is 1. The number of rotatable bonds is 10. The lowest BCUT2D eigenvalue weighted by Crippen LogP contribution is -2.37. The molecule has 0 bridgehead atoms. The van der Waals surface area contributed by atoms with Crippen LogP contribution in [0.15, 0.2) is 66.9 Å². The van der Waals surface area contributed by atoms with Gasteiger partial charge >= 0.3 is 12.1 Å². The first-order valence-corrected chi connectivity index (χ1v) is 10.9. The van der Waals surface area contributed by atoms with Gasteiger partial charge in [0.2, 0.25) is 0 Å². The van der Waals surface area contributed by atoms with E-state index >= 15 is 0 Å². The smallest absolute Gasteiger partial charge is 0.416 e. The molecule has 1 aromatic heterocycles. The lowest BCUT2D eigenvalue weighted by atomic mass is 10.2. The first-order valence-electron chi connectivity index (χ1n) is 10.5. The summed E-state index contributed by atoms with van der Waals surface area (Å²) < 4.78 is 11.1. The summed E-state index contributed by atoms with van der Waals surface area (Å²) in [6.07, 6.45) is 2.71. The number of pyridine rings is 1. The summed E-state index contributed by atoms with van der Waals surface area (Å²) in [5.41, 5.74) is 2.85. The number of halogens is 1. The van der Waals surface area contributed by atoms with Crippen LogP contribution in [-0.4, -0.2) is 40.2 Å². The van der Waals surface area contributed by atoms with Gasteiger partial charge in [0.15, 0.2) is 0 Å². The molecule has 0 aliphatic rings. The maximum Gasteiger partial charge on any atom is 0.416 e. The van der Waals surface area contributed by atoms with Crippen LogP contribution in [0.5, 0.6) is 11.5 Å². The molecule has 0 atom stereocenters. The number of amides is 1. The number of benzene rings is 2. The van der Waals surface area contributed by atoms with E-state index in [0.717, 1.165) is 17.0 Å². The van der Waals surface area contributed by atoms with Crippen LogP contribution in [0.25, 0.3) is 0 Å². The second kappa shape index (κ2) is 11.9. The predicted octanol–water partition coefficient (Wildman–Crippen LogP) is 5.00. The molecule has 3 aromatic rings. The molecule has 0 fully saturated rings. The Kier molecular flexibility index (Phi) is 8.66. The Morgan fingerprint density at radius 2 is 1.82 bits per heavy atom. The molecular formula is C25H25ClN2O5. The van der Waals surface area contributed by atoms with Crippen LogP contribution in [0.4, 0.5) is 4.79 Å². The minimum Gasteiger partial charge on any atom is -0.493 e. The van der Waals surface area contributed by atoms with Crippen molar-refractivity contribution >= 4 is 23.7 Å². The van der Waals surface area contributed by atoms with Crippen LogP contribution in [0, 0.1) is 0 Å². The van der Waals surface area contributed by atoms with Crippen LogP contribution in [0.2, 0.25) is 5.02 Å².